The molecule has 1 heterocycles. The van der Waals surface area contributed by atoms with Gasteiger partial charge in [0.2, 0.25) is 15.9 Å². The van der Waals surface area contributed by atoms with Crippen LogP contribution in [0.3, 0.4) is 0 Å². The summed E-state index contributed by atoms with van der Waals surface area (Å²) in [6, 6.07) is 18.8. The Morgan fingerprint density at radius 2 is 1.76 bits per heavy atom. The number of aromatic nitrogens is 1. The standard InChI is InChI=1S/C25H26N4O4S/c30-24(14-9-18-7-12-23(13-8-18)34(32,33)29-20-10-11-20)28-21-6-3-4-19(16-21)25(31)27-17-22-5-1-2-15-26-22/h1-8,12-13,15-16,20,29H,9-11,14,17H2,(H,27,31)(H,28,30). The molecule has 1 aliphatic rings. The van der Waals surface area contributed by atoms with Crippen LogP contribution in [0.1, 0.15) is 40.9 Å². The number of hydrogen-bond acceptors (Lipinski definition) is 5. The monoisotopic (exact) mass is 478 g/mol. The molecule has 1 aromatic heterocycles. The zero-order chi connectivity index (χ0) is 24.0. The van der Waals surface area contributed by atoms with Gasteiger partial charge in [-0.3, -0.25) is 14.6 Å². The average molecular weight is 479 g/mol. The number of nitrogens with one attached hydrogen (secondary N) is 3. The fourth-order valence-corrected chi connectivity index (χ4v) is 4.62. The van der Waals surface area contributed by atoms with Crippen molar-refractivity contribution in [2.45, 2.75) is 43.2 Å². The molecule has 1 aliphatic carbocycles. The summed E-state index contributed by atoms with van der Waals surface area (Å²) in [6.45, 7) is 0.312. The maximum Gasteiger partial charge on any atom is 0.251 e. The second-order valence-electron chi connectivity index (χ2n) is 8.17. The van der Waals surface area contributed by atoms with E-state index in [1.54, 1.807) is 54.7 Å². The van der Waals surface area contributed by atoms with Crippen LogP contribution in [0.4, 0.5) is 5.69 Å². The lowest BCUT2D eigenvalue weighted by molar-refractivity contribution is -0.116. The van der Waals surface area contributed by atoms with E-state index in [-0.39, 0.29) is 29.2 Å². The van der Waals surface area contributed by atoms with Gasteiger partial charge in [0.05, 0.1) is 17.1 Å². The lowest BCUT2D eigenvalue weighted by Crippen LogP contribution is -2.25. The Hall–Kier alpha value is -3.56. The van der Waals surface area contributed by atoms with Crippen molar-refractivity contribution in [1.82, 2.24) is 15.0 Å². The van der Waals surface area contributed by atoms with Crippen molar-refractivity contribution in [3.05, 3.63) is 89.7 Å². The molecule has 0 spiro atoms. The number of aryl methyl sites for hydroxylation is 1. The second-order valence-corrected chi connectivity index (χ2v) is 9.89. The van der Waals surface area contributed by atoms with Gasteiger partial charge in [0.25, 0.3) is 5.91 Å². The van der Waals surface area contributed by atoms with E-state index in [0.29, 0.717) is 24.2 Å². The zero-order valence-corrected chi connectivity index (χ0v) is 19.3. The predicted octanol–water partition coefficient (Wildman–Crippen LogP) is 3.02. The van der Waals surface area contributed by atoms with Gasteiger partial charge in [-0.25, -0.2) is 13.1 Å². The Bertz CT molecular complexity index is 1260. The summed E-state index contributed by atoms with van der Waals surface area (Å²) in [5.41, 5.74) is 2.58. The molecule has 8 nitrogen and oxygen atoms in total. The van der Waals surface area contributed by atoms with E-state index >= 15 is 0 Å². The van der Waals surface area contributed by atoms with Crippen LogP contribution in [0.25, 0.3) is 0 Å². The maximum absolute atomic E-state index is 12.4. The summed E-state index contributed by atoms with van der Waals surface area (Å²) in [5.74, 6) is -0.453. The maximum atomic E-state index is 12.4. The van der Waals surface area contributed by atoms with Crippen LogP contribution in [0, 0.1) is 0 Å². The minimum atomic E-state index is -3.48. The third kappa shape index (κ3) is 6.72. The van der Waals surface area contributed by atoms with Crippen LogP contribution in [0.15, 0.2) is 77.8 Å². The highest BCUT2D eigenvalue weighted by Crippen LogP contribution is 2.22. The molecule has 34 heavy (non-hydrogen) atoms. The molecular formula is C25H26N4O4S. The van der Waals surface area contributed by atoms with Gasteiger partial charge in [-0.1, -0.05) is 24.3 Å². The number of hydrogen-bond donors (Lipinski definition) is 3. The molecule has 0 aliphatic heterocycles. The fraction of sp³-hybridized carbons (Fsp3) is 0.240. The van der Waals surface area contributed by atoms with Crippen molar-refractivity contribution >= 4 is 27.5 Å². The van der Waals surface area contributed by atoms with Gasteiger partial charge in [0.15, 0.2) is 0 Å². The van der Waals surface area contributed by atoms with Crippen LogP contribution in [-0.4, -0.2) is 31.3 Å². The van der Waals surface area contributed by atoms with Crippen LogP contribution < -0.4 is 15.4 Å². The van der Waals surface area contributed by atoms with E-state index in [0.717, 1.165) is 24.1 Å². The average Bonchev–Trinajstić information content (AvgIpc) is 3.65. The normalized spacial score (nSPS) is 13.3. The van der Waals surface area contributed by atoms with E-state index in [1.165, 1.54) is 0 Å². The van der Waals surface area contributed by atoms with E-state index in [1.807, 2.05) is 18.2 Å². The number of carbonyl (C=O) groups is 2. The minimum Gasteiger partial charge on any atom is -0.346 e. The van der Waals surface area contributed by atoms with Crippen LogP contribution >= 0.6 is 0 Å². The summed E-state index contributed by atoms with van der Waals surface area (Å²) >= 11 is 0. The summed E-state index contributed by atoms with van der Waals surface area (Å²) in [6.07, 6.45) is 4.12. The van der Waals surface area contributed by atoms with E-state index < -0.39 is 10.0 Å². The number of rotatable bonds is 10. The molecule has 9 heteroatoms. The Kier molecular flexibility index (Phi) is 7.34. The number of nitrogens with zero attached hydrogens (tertiary/aromatic N) is 1. The number of benzene rings is 2. The molecule has 3 aromatic rings. The first kappa shape index (κ1) is 23.6. The van der Waals surface area contributed by atoms with Crippen LogP contribution in [0.5, 0.6) is 0 Å². The lowest BCUT2D eigenvalue weighted by atomic mass is 10.1. The highest BCUT2D eigenvalue weighted by Gasteiger charge is 2.27. The fourth-order valence-electron chi connectivity index (χ4n) is 3.32. The summed E-state index contributed by atoms with van der Waals surface area (Å²) in [5, 5.41) is 5.62. The third-order valence-corrected chi connectivity index (χ3v) is 6.87. The lowest BCUT2D eigenvalue weighted by Gasteiger charge is -2.09. The van der Waals surface area contributed by atoms with Crippen LogP contribution in [-0.2, 0) is 27.8 Å². The van der Waals surface area contributed by atoms with Gasteiger partial charge in [0, 0.05) is 29.9 Å². The molecule has 0 atom stereocenters. The number of pyridine rings is 1. The Morgan fingerprint density at radius 1 is 0.971 bits per heavy atom. The second kappa shape index (κ2) is 10.6. The van der Waals surface area contributed by atoms with Crippen molar-refractivity contribution < 1.29 is 18.0 Å². The molecule has 2 aromatic carbocycles. The van der Waals surface area contributed by atoms with Gasteiger partial charge >= 0.3 is 0 Å². The van der Waals surface area contributed by atoms with Crippen molar-refractivity contribution in [2.75, 3.05) is 5.32 Å². The smallest absolute Gasteiger partial charge is 0.251 e. The summed E-state index contributed by atoms with van der Waals surface area (Å²) < 4.78 is 27.1. The van der Waals surface area contributed by atoms with Gasteiger partial charge in [-0.05, 0) is 67.3 Å². The number of anilines is 1. The van der Waals surface area contributed by atoms with E-state index in [9.17, 15) is 18.0 Å². The molecule has 1 saturated carbocycles. The van der Waals surface area contributed by atoms with Gasteiger partial charge in [0.1, 0.15) is 0 Å². The van der Waals surface area contributed by atoms with Crippen LogP contribution in [0.2, 0.25) is 0 Å². The molecule has 176 valence electrons. The molecule has 0 saturated heterocycles. The first-order chi connectivity index (χ1) is 16.4. The Morgan fingerprint density at radius 3 is 2.47 bits per heavy atom. The van der Waals surface area contributed by atoms with Crippen molar-refractivity contribution in [2.24, 2.45) is 0 Å². The highest BCUT2D eigenvalue weighted by molar-refractivity contribution is 7.89. The van der Waals surface area contributed by atoms with E-state index in [2.05, 4.69) is 20.3 Å². The quantitative estimate of drug-likeness (QED) is 0.414. The predicted molar refractivity (Wildman–Crippen MR) is 129 cm³/mol. The molecule has 2 amide bonds. The number of sulfonamides is 1. The minimum absolute atomic E-state index is 0.0545. The zero-order valence-electron chi connectivity index (χ0n) is 18.5. The highest BCUT2D eigenvalue weighted by atomic mass is 32.2. The third-order valence-electron chi connectivity index (χ3n) is 5.34. The largest absolute Gasteiger partial charge is 0.346 e. The van der Waals surface area contributed by atoms with Crippen molar-refractivity contribution in [1.29, 1.82) is 0 Å². The van der Waals surface area contributed by atoms with E-state index in [4.69, 9.17) is 0 Å². The molecule has 1 fully saturated rings. The summed E-state index contributed by atoms with van der Waals surface area (Å²) in [4.78, 5) is 29.2. The van der Waals surface area contributed by atoms with Gasteiger partial charge in [-0.2, -0.15) is 0 Å². The van der Waals surface area contributed by atoms with Crippen molar-refractivity contribution in [3.8, 4) is 0 Å². The first-order valence-electron chi connectivity index (χ1n) is 11.1. The topological polar surface area (TPSA) is 117 Å². The Balaban J connectivity index is 1.27. The first-order valence-corrected chi connectivity index (χ1v) is 12.6. The molecule has 3 N–H and O–H groups in total. The molecule has 0 radical (unpaired) electrons. The van der Waals surface area contributed by atoms with Gasteiger partial charge in [-0.15, -0.1) is 0 Å². The summed E-state index contributed by atoms with van der Waals surface area (Å²) in [7, 11) is -3.48. The van der Waals surface area contributed by atoms with Gasteiger partial charge < -0.3 is 10.6 Å². The SMILES string of the molecule is O=C(CCc1ccc(S(=O)(=O)NC2CC2)cc1)Nc1cccc(C(=O)NCc2ccccn2)c1. The molecule has 0 unspecified atom stereocenters. The van der Waals surface area contributed by atoms with Crippen molar-refractivity contribution in [3.63, 3.8) is 0 Å². The molecule has 4 rings (SSSR count). The number of carbonyl (C=O) groups excluding carboxylic acids is 2. The molecule has 0 bridgehead atoms. The molecular weight excluding hydrogens is 452 g/mol. The number of amides is 2. The Labute approximate surface area is 198 Å².